The van der Waals surface area contributed by atoms with E-state index in [0.29, 0.717) is 18.5 Å². The number of thiophene rings is 1. The summed E-state index contributed by atoms with van der Waals surface area (Å²) >= 11 is 1.70. The fourth-order valence-corrected chi connectivity index (χ4v) is 4.31. The molecule has 2 heterocycles. The van der Waals surface area contributed by atoms with Crippen LogP contribution >= 0.6 is 11.3 Å². The largest absolute Gasteiger partial charge is 0.319 e. The minimum Gasteiger partial charge on any atom is -0.319 e. The Balaban J connectivity index is 1.85. The van der Waals surface area contributed by atoms with Gasteiger partial charge < -0.3 is 4.90 Å². The first-order valence-corrected chi connectivity index (χ1v) is 8.32. The van der Waals surface area contributed by atoms with Crippen molar-refractivity contribution >= 4 is 17.2 Å². The van der Waals surface area contributed by atoms with Crippen LogP contribution in [0.25, 0.3) is 0 Å². The van der Waals surface area contributed by atoms with Crippen molar-refractivity contribution in [2.45, 2.75) is 51.2 Å². The molecule has 1 aliphatic carbocycles. The number of rotatable bonds is 3. The topological polar surface area (TPSA) is 32.3 Å². The van der Waals surface area contributed by atoms with E-state index in [-0.39, 0.29) is 12.1 Å². The molecule has 4 heteroatoms. The second-order valence-electron chi connectivity index (χ2n) is 5.66. The molecule has 1 amide bonds. The van der Waals surface area contributed by atoms with Crippen LogP contribution in [0.2, 0.25) is 0 Å². The Bertz CT molecular complexity index is 431. The molecule has 1 saturated carbocycles. The van der Waals surface area contributed by atoms with Gasteiger partial charge in [0, 0.05) is 6.04 Å². The average Bonchev–Trinajstić information content (AvgIpc) is 3.07. The second kappa shape index (κ2) is 5.63. The highest BCUT2D eigenvalue weighted by Gasteiger charge is 2.40. The van der Waals surface area contributed by atoms with Crippen LogP contribution in [0.3, 0.4) is 0 Å². The maximum absolute atomic E-state index is 12.3. The zero-order chi connectivity index (χ0) is 13.2. The molecule has 1 N–H and O–H groups in total. The standard InChI is InChI=1S/C15H22N2OS/c1-2-11-5-3-4-6-13(11)17-14(18)9-16-15(17)12-7-8-19-10-12/h7-8,10-11,13,15-16H,2-6,9H2,1H3. The summed E-state index contributed by atoms with van der Waals surface area (Å²) in [5, 5.41) is 7.64. The van der Waals surface area contributed by atoms with Crippen molar-refractivity contribution < 1.29 is 4.79 Å². The Morgan fingerprint density at radius 1 is 1.42 bits per heavy atom. The molecule has 3 nitrogen and oxygen atoms in total. The first kappa shape index (κ1) is 13.1. The summed E-state index contributed by atoms with van der Waals surface area (Å²) in [4.78, 5) is 14.5. The van der Waals surface area contributed by atoms with Gasteiger partial charge in [0.1, 0.15) is 6.17 Å². The maximum Gasteiger partial charge on any atom is 0.238 e. The lowest BCUT2D eigenvalue weighted by Crippen LogP contribution is -2.45. The van der Waals surface area contributed by atoms with E-state index < -0.39 is 0 Å². The quantitative estimate of drug-likeness (QED) is 0.921. The van der Waals surface area contributed by atoms with Crippen LogP contribution in [0, 0.1) is 5.92 Å². The number of carbonyl (C=O) groups is 1. The van der Waals surface area contributed by atoms with Crippen molar-refractivity contribution in [1.29, 1.82) is 0 Å². The Hall–Kier alpha value is -0.870. The normalized spacial score (nSPS) is 31.9. The summed E-state index contributed by atoms with van der Waals surface area (Å²) in [6.45, 7) is 2.75. The smallest absolute Gasteiger partial charge is 0.238 e. The van der Waals surface area contributed by atoms with Gasteiger partial charge in [0.25, 0.3) is 0 Å². The molecule has 0 spiro atoms. The highest BCUT2D eigenvalue weighted by atomic mass is 32.1. The molecule has 19 heavy (non-hydrogen) atoms. The van der Waals surface area contributed by atoms with Crippen LogP contribution < -0.4 is 5.32 Å². The molecular weight excluding hydrogens is 256 g/mol. The average molecular weight is 278 g/mol. The minimum atomic E-state index is 0.107. The molecule has 104 valence electrons. The molecule has 1 aromatic heterocycles. The molecule has 1 aromatic rings. The number of amides is 1. The highest BCUT2D eigenvalue weighted by Crippen LogP contribution is 2.36. The van der Waals surface area contributed by atoms with E-state index in [1.54, 1.807) is 11.3 Å². The summed E-state index contributed by atoms with van der Waals surface area (Å²) in [5.74, 6) is 0.959. The summed E-state index contributed by atoms with van der Waals surface area (Å²) in [6, 6.07) is 2.57. The lowest BCUT2D eigenvalue weighted by molar-refractivity contribution is -0.132. The first-order chi connectivity index (χ1) is 9.31. The van der Waals surface area contributed by atoms with E-state index in [1.165, 1.54) is 37.7 Å². The van der Waals surface area contributed by atoms with Crippen molar-refractivity contribution in [3.63, 3.8) is 0 Å². The van der Waals surface area contributed by atoms with Gasteiger partial charge in [-0.3, -0.25) is 10.1 Å². The maximum atomic E-state index is 12.3. The van der Waals surface area contributed by atoms with Gasteiger partial charge in [-0.25, -0.2) is 0 Å². The lowest BCUT2D eigenvalue weighted by Gasteiger charge is -2.40. The van der Waals surface area contributed by atoms with Crippen LogP contribution in [0.4, 0.5) is 0 Å². The van der Waals surface area contributed by atoms with Gasteiger partial charge in [-0.2, -0.15) is 11.3 Å². The Labute approximate surface area is 119 Å². The number of hydrogen-bond donors (Lipinski definition) is 1. The van der Waals surface area contributed by atoms with Gasteiger partial charge in [0.15, 0.2) is 0 Å². The van der Waals surface area contributed by atoms with Gasteiger partial charge in [-0.15, -0.1) is 0 Å². The predicted octanol–water partition coefficient (Wildman–Crippen LogP) is 3.15. The van der Waals surface area contributed by atoms with E-state index in [2.05, 4.69) is 34.0 Å². The van der Waals surface area contributed by atoms with E-state index >= 15 is 0 Å². The Kier molecular flexibility index (Phi) is 3.89. The summed E-state index contributed by atoms with van der Waals surface area (Å²) in [7, 11) is 0. The van der Waals surface area contributed by atoms with Gasteiger partial charge in [-0.05, 0) is 41.1 Å². The van der Waals surface area contributed by atoms with Crippen LogP contribution in [0.5, 0.6) is 0 Å². The first-order valence-electron chi connectivity index (χ1n) is 7.38. The zero-order valence-electron chi connectivity index (χ0n) is 11.5. The third-order valence-corrected chi connectivity index (χ3v) is 5.32. The molecular formula is C15H22N2OS. The van der Waals surface area contributed by atoms with Crippen LogP contribution in [0.15, 0.2) is 16.8 Å². The number of carbonyl (C=O) groups excluding carboxylic acids is 1. The SMILES string of the molecule is CCC1CCCCC1N1C(=O)CNC1c1ccsc1. The molecule has 1 saturated heterocycles. The zero-order valence-corrected chi connectivity index (χ0v) is 12.3. The van der Waals surface area contributed by atoms with Crippen molar-refractivity contribution in [1.82, 2.24) is 10.2 Å². The van der Waals surface area contributed by atoms with Crippen LogP contribution in [-0.2, 0) is 4.79 Å². The molecule has 0 radical (unpaired) electrons. The van der Waals surface area contributed by atoms with Crippen LogP contribution in [-0.4, -0.2) is 23.4 Å². The molecule has 3 atom stereocenters. The molecule has 3 rings (SSSR count). The lowest BCUT2D eigenvalue weighted by atomic mass is 9.81. The number of nitrogens with zero attached hydrogens (tertiary/aromatic N) is 1. The number of hydrogen-bond acceptors (Lipinski definition) is 3. The molecule has 0 bridgehead atoms. The van der Waals surface area contributed by atoms with E-state index in [1.807, 2.05) is 0 Å². The molecule has 1 aliphatic heterocycles. The van der Waals surface area contributed by atoms with E-state index in [0.717, 1.165) is 0 Å². The minimum absolute atomic E-state index is 0.107. The summed E-state index contributed by atoms with van der Waals surface area (Å²) < 4.78 is 0. The number of nitrogens with one attached hydrogen (secondary N) is 1. The van der Waals surface area contributed by atoms with E-state index in [9.17, 15) is 4.79 Å². The van der Waals surface area contributed by atoms with Crippen LogP contribution in [0.1, 0.15) is 50.8 Å². The van der Waals surface area contributed by atoms with Crippen molar-refractivity contribution in [3.8, 4) is 0 Å². The fourth-order valence-electron chi connectivity index (χ4n) is 3.63. The third kappa shape index (κ3) is 2.43. The predicted molar refractivity (Wildman–Crippen MR) is 77.9 cm³/mol. The molecule has 2 aliphatic rings. The van der Waals surface area contributed by atoms with Gasteiger partial charge >= 0.3 is 0 Å². The van der Waals surface area contributed by atoms with Crippen molar-refractivity contribution in [2.24, 2.45) is 5.92 Å². The monoisotopic (exact) mass is 278 g/mol. The van der Waals surface area contributed by atoms with Gasteiger partial charge in [0.2, 0.25) is 5.91 Å². The van der Waals surface area contributed by atoms with Gasteiger partial charge in [-0.1, -0.05) is 26.2 Å². The molecule has 2 fully saturated rings. The highest BCUT2D eigenvalue weighted by molar-refractivity contribution is 7.07. The molecule has 3 unspecified atom stereocenters. The summed E-state index contributed by atoms with van der Waals surface area (Å²) in [6.07, 6.45) is 6.34. The van der Waals surface area contributed by atoms with Crippen molar-refractivity contribution in [3.05, 3.63) is 22.4 Å². The summed E-state index contributed by atoms with van der Waals surface area (Å²) in [5.41, 5.74) is 1.25. The van der Waals surface area contributed by atoms with Gasteiger partial charge in [0.05, 0.1) is 6.54 Å². The second-order valence-corrected chi connectivity index (χ2v) is 6.44. The van der Waals surface area contributed by atoms with Crippen molar-refractivity contribution in [2.75, 3.05) is 6.54 Å². The Morgan fingerprint density at radius 2 is 2.26 bits per heavy atom. The fraction of sp³-hybridized carbons (Fsp3) is 0.667. The molecule has 0 aromatic carbocycles. The van der Waals surface area contributed by atoms with E-state index in [4.69, 9.17) is 0 Å². The Morgan fingerprint density at radius 3 is 3.00 bits per heavy atom. The third-order valence-electron chi connectivity index (χ3n) is 4.62.